The lowest BCUT2D eigenvalue weighted by Gasteiger charge is -2.16. The minimum Gasteiger partial charge on any atom is -0.463 e. The molecule has 0 aromatic carbocycles. The molecule has 0 bridgehead atoms. The van der Waals surface area contributed by atoms with Crippen molar-refractivity contribution in [1.29, 1.82) is 0 Å². The maximum Gasteiger partial charge on any atom is 0.311 e. The highest BCUT2D eigenvalue weighted by Crippen LogP contribution is 2.35. The molecule has 0 aliphatic heterocycles. The van der Waals surface area contributed by atoms with Crippen LogP contribution < -0.4 is 0 Å². The van der Waals surface area contributed by atoms with Gasteiger partial charge in [-0.2, -0.15) is 0 Å². The summed E-state index contributed by atoms with van der Waals surface area (Å²) in [5.41, 5.74) is 1.02. The number of fused-ring (bicyclic) bond motifs is 1. The summed E-state index contributed by atoms with van der Waals surface area (Å²) in [6.45, 7) is 3.70. The minimum absolute atomic E-state index is 0.0670. The van der Waals surface area contributed by atoms with E-state index in [4.69, 9.17) is 4.74 Å². The van der Waals surface area contributed by atoms with E-state index in [0.717, 1.165) is 29.7 Å². The van der Waals surface area contributed by atoms with E-state index in [1.165, 1.54) is 4.88 Å². The van der Waals surface area contributed by atoms with Crippen molar-refractivity contribution in [2.45, 2.75) is 51.7 Å². The lowest BCUT2D eigenvalue weighted by molar-refractivity contribution is -0.146. The highest BCUT2D eigenvalue weighted by molar-refractivity contribution is 7.12. The van der Waals surface area contributed by atoms with Gasteiger partial charge >= 0.3 is 5.97 Å². The van der Waals surface area contributed by atoms with Crippen molar-refractivity contribution in [2.24, 2.45) is 0 Å². The first kappa shape index (κ1) is 12.6. The number of ether oxygens (including phenoxy) is 1. The molecule has 94 valence electrons. The Hall–Kier alpha value is -0.870. The molecule has 0 spiro atoms. The maximum atomic E-state index is 11.5. The van der Waals surface area contributed by atoms with Crippen LogP contribution in [0.2, 0.25) is 0 Å². The number of aliphatic hydroxyl groups is 1. The second-order valence-electron chi connectivity index (χ2n) is 4.71. The lowest BCUT2D eigenvalue weighted by Crippen LogP contribution is -2.12. The van der Waals surface area contributed by atoms with Gasteiger partial charge < -0.3 is 9.84 Å². The van der Waals surface area contributed by atoms with Crippen molar-refractivity contribution in [3.8, 4) is 0 Å². The third kappa shape index (κ3) is 3.07. The number of rotatable bonds is 3. The van der Waals surface area contributed by atoms with Crippen LogP contribution in [-0.4, -0.2) is 17.2 Å². The van der Waals surface area contributed by atoms with E-state index in [1.54, 1.807) is 11.3 Å². The summed E-state index contributed by atoms with van der Waals surface area (Å²) in [5, 5.41) is 9.84. The SMILES string of the molecule is CC(C)OC(=O)Cc1cc2c(s1)CCCC2O. The predicted molar refractivity (Wildman–Crippen MR) is 67.1 cm³/mol. The third-order valence-corrected chi connectivity index (χ3v) is 4.03. The average molecular weight is 254 g/mol. The first-order valence-corrected chi connectivity index (χ1v) is 6.87. The zero-order valence-corrected chi connectivity index (χ0v) is 11.0. The van der Waals surface area contributed by atoms with E-state index in [-0.39, 0.29) is 18.2 Å². The fraction of sp³-hybridized carbons (Fsp3) is 0.615. The molecule has 0 fully saturated rings. The second kappa shape index (κ2) is 5.19. The Kier molecular flexibility index (Phi) is 3.84. The fourth-order valence-electron chi connectivity index (χ4n) is 2.12. The van der Waals surface area contributed by atoms with Gasteiger partial charge in [0.05, 0.1) is 18.6 Å². The van der Waals surface area contributed by atoms with Gasteiger partial charge in [0.2, 0.25) is 0 Å². The predicted octanol–water partition coefficient (Wildman–Crippen LogP) is 2.61. The van der Waals surface area contributed by atoms with Gasteiger partial charge in [-0.15, -0.1) is 11.3 Å². The fourth-order valence-corrected chi connectivity index (χ4v) is 3.37. The molecule has 1 aromatic rings. The summed E-state index contributed by atoms with van der Waals surface area (Å²) >= 11 is 1.63. The van der Waals surface area contributed by atoms with Crippen LogP contribution in [0, 0.1) is 0 Å². The Bertz CT molecular complexity index is 409. The standard InChI is InChI=1S/C13H18O3S/c1-8(2)16-13(15)7-9-6-10-11(14)4-3-5-12(10)17-9/h6,8,11,14H,3-5,7H2,1-2H3. The Balaban J connectivity index is 2.05. The molecule has 2 rings (SSSR count). The highest BCUT2D eigenvalue weighted by Gasteiger charge is 2.21. The zero-order chi connectivity index (χ0) is 12.4. The molecule has 0 amide bonds. The number of esters is 1. The van der Waals surface area contributed by atoms with Crippen LogP contribution in [0.25, 0.3) is 0 Å². The monoisotopic (exact) mass is 254 g/mol. The van der Waals surface area contributed by atoms with Crippen molar-refractivity contribution < 1.29 is 14.6 Å². The largest absolute Gasteiger partial charge is 0.463 e. The molecule has 17 heavy (non-hydrogen) atoms. The minimum atomic E-state index is -0.343. The van der Waals surface area contributed by atoms with E-state index in [2.05, 4.69) is 0 Å². The summed E-state index contributed by atoms with van der Waals surface area (Å²) in [5.74, 6) is -0.187. The Morgan fingerprint density at radius 2 is 2.41 bits per heavy atom. The van der Waals surface area contributed by atoms with Crippen molar-refractivity contribution >= 4 is 17.3 Å². The van der Waals surface area contributed by atoms with Crippen LogP contribution in [0.1, 0.15) is 48.1 Å². The lowest BCUT2D eigenvalue weighted by atomic mass is 9.96. The smallest absolute Gasteiger partial charge is 0.311 e. The van der Waals surface area contributed by atoms with Crippen molar-refractivity contribution in [1.82, 2.24) is 0 Å². The molecule has 0 radical (unpaired) electrons. The Morgan fingerprint density at radius 1 is 1.65 bits per heavy atom. The summed E-state index contributed by atoms with van der Waals surface area (Å²) in [6.07, 6.45) is 2.80. The highest BCUT2D eigenvalue weighted by atomic mass is 32.1. The number of hydrogen-bond donors (Lipinski definition) is 1. The van der Waals surface area contributed by atoms with Crippen LogP contribution in [0.4, 0.5) is 0 Å². The number of thiophene rings is 1. The number of carbonyl (C=O) groups is 1. The molecule has 1 aliphatic rings. The summed E-state index contributed by atoms with van der Waals surface area (Å²) in [7, 11) is 0. The molecule has 0 saturated heterocycles. The van der Waals surface area contributed by atoms with Gasteiger partial charge in [0.1, 0.15) is 0 Å². The second-order valence-corrected chi connectivity index (χ2v) is 5.94. The number of carbonyl (C=O) groups excluding carboxylic acids is 1. The van der Waals surface area contributed by atoms with E-state index in [9.17, 15) is 9.90 Å². The van der Waals surface area contributed by atoms with Gasteiger partial charge in [0.15, 0.2) is 0 Å². The third-order valence-electron chi connectivity index (χ3n) is 2.82. The molecule has 1 unspecified atom stereocenters. The quantitative estimate of drug-likeness (QED) is 0.843. The van der Waals surface area contributed by atoms with E-state index in [0.29, 0.717) is 6.42 Å². The van der Waals surface area contributed by atoms with Crippen molar-refractivity contribution in [3.63, 3.8) is 0 Å². The van der Waals surface area contributed by atoms with Gasteiger partial charge in [-0.3, -0.25) is 4.79 Å². The molecule has 1 heterocycles. The number of hydrogen-bond acceptors (Lipinski definition) is 4. The molecule has 4 heteroatoms. The first-order chi connectivity index (χ1) is 8.06. The Morgan fingerprint density at radius 3 is 3.06 bits per heavy atom. The number of aryl methyl sites for hydroxylation is 1. The van der Waals surface area contributed by atoms with Crippen LogP contribution in [0.5, 0.6) is 0 Å². The van der Waals surface area contributed by atoms with Crippen molar-refractivity contribution in [3.05, 3.63) is 21.4 Å². The molecule has 0 saturated carbocycles. The molecule has 3 nitrogen and oxygen atoms in total. The summed E-state index contributed by atoms with van der Waals surface area (Å²) in [6, 6.07) is 1.96. The molecule has 1 atom stereocenters. The van der Waals surface area contributed by atoms with E-state index < -0.39 is 0 Å². The van der Waals surface area contributed by atoms with Gasteiger partial charge in [-0.05, 0) is 44.7 Å². The summed E-state index contributed by atoms with van der Waals surface area (Å²) < 4.78 is 5.12. The summed E-state index contributed by atoms with van der Waals surface area (Å²) in [4.78, 5) is 13.8. The molecular formula is C13H18O3S. The van der Waals surface area contributed by atoms with Crippen LogP contribution in [-0.2, 0) is 22.4 Å². The van der Waals surface area contributed by atoms with Crippen molar-refractivity contribution in [2.75, 3.05) is 0 Å². The normalized spacial score (nSPS) is 19.2. The van der Waals surface area contributed by atoms with Crippen LogP contribution >= 0.6 is 11.3 Å². The van der Waals surface area contributed by atoms with Gasteiger partial charge in [-0.1, -0.05) is 0 Å². The molecule has 1 aliphatic carbocycles. The van der Waals surface area contributed by atoms with E-state index in [1.807, 2.05) is 19.9 Å². The van der Waals surface area contributed by atoms with Gasteiger partial charge in [-0.25, -0.2) is 0 Å². The van der Waals surface area contributed by atoms with Crippen LogP contribution in [0.15, 0.2) is 6.07 Å². The molecular weight excluding hydrogens is 236 g/mol. The number of aliphatic hydroxyl groups excluding tert-OH is 1. The van der Waals surface area contributed by atoms with Crippen LogP contribution in [0.3, 0.4) is 0 Å². The Labute approximate surface area is 105 Å². The molecule has 1 aromatic heterocycles. The average Bonchev–Trinajstić information content (AvgIpc) is 2.60. The van der Waals surface area contributed by atoms with Gasteiger partial charge in [0.25, 0.3) is 0 Å². The zero-order valence-electron chi connectivity index (χ0n) is 10.2. The van der Waals surface area contributed by atoms with E-state index >= 15 is 0 Å². The van der Waals surface area contributed by atoms with Gasteiger partial charge in [0, 0.05) is 9.75 Å². The topological polar surface area (TPSA) is 46.5 Å². The first-order valence-electron chi connectivity index (χ1n) is 6.05. The molecule has 1 N–H and O–H groups in total. The maximum absolute atomic E-state index is 11.5.